The minimum Gasteiger partial charge on any atom is -0.436 e. The molecule has 1 heterocycles. The highest BCUT2D eigenvalue weighted by Gasteiger charge is 2.12. The van der Waals surface area contributed by atoms with Crippen LogP contribution < -0.4 is 10.6 Å². The fourth-order valence-electron chi connectivity index (χ4n) is 2.35. The monoisotopic (exact) mass is 353 g/mol. The van der Waals surface area contributed by atoms with Crippen LogP contribution in [0.2, 0.25) is 0 Å². The molecule has 0 atom stereocenters. The third-order valence-corrected chi connectivity index (χ3v) is 3.99. The van der Waals surface area contributed by atoms with Crippen LogP contribution in [-0.2, 0) is 4.79 Å². The van der Waals surface area contributed by atoms with Gasteiger partial charge in [-0.25, -0.2) is 4.98 Å². The molecule has 2 aromatic carbocycles. The van der Waals surface area contributed by atoms with Crippen molar-refractivity contribution in [1.29, 1.82) is 0 Å². The number of nitrogens with one attached hydrogen (secondary N) is 2. The molecule has 0 aliphatic rings. The zero-order valence-electron chi connectivity index (χ0n) is 14.3. The van der Waals surface area contributed by atoms with E-state index in [0.717, 1.165) is 22.3 Å². The molecule has 0 saturated carbocycles. The van der Waals surface area contributed by atoms with Crippen molar-refractivity contribution in [3.05, 3.63) is 48.0 Å². The van der Waals surface area contributed by atoms with Crippen LogP contribution in [0.25, 0.3) is 22.6 Å². The first-order valence-corrected chi connectivity index (χ1v) is 8.43. The van der Waals surface area contributed by atoms with Gasteiger partial charge in [0.1, 0.15) is 5.52 Å². The van der Waals surface area contributed by atoms with Crippen LogP contribution in [-0.4, -0.2) is 16.0 Å². The van der Waals surface area contributed by atoms with E-state index in [1.807, 2.05) is 63.2 Å². The maximum Gasteiger partial charge on any atom is 0.228 e. The lowest BCUT2D eigenvalue weighted by Crippen LogP contribution is -2.36. The average molecular weight is 353 g/mol. The summed E-state index contributed by atoms with van der Waals surface area (Å²) in [6.45, 7) is 5.64. The second-order valence-corrected chi connectivity index (χ2v) is 6.52. The number of hydrogen-bond acceptors (Lipinski definition) is 4. The van der Waals surface area contributed by atoms with Crippen LogP contribution in [0.15, 0.2) is 46.9 Å². The van der Waals surface area contributed by atoms with Gasteiger partial charge in [0.15, 0.2) is 10.7 Å². The lowest BCUT2D eigenvalue weighted by molar-refractivity contribution is -0.122. The minimum atomic E-state index is -0.130. The summed E-state index contributed by atoms with van der Waals surface area (Å²) >= 11 is 5.17. The molecule has 0 aliphatic carbocycles. The molecule has 1 aromatic heterocycles. The summed E-state index contributed by atoms with van der Waals surface area (Å²) in [7, 11) is 0. The van der Waals surface area contributed by atoms with Gasteiger partial charge in [0.2, 0.25) is 11.8 Å². The second kappa shape index (κ2) is 7.03. The lowest BCUT2D eigenvalue weighted by Gasteiger charge is -2.10. The van der Waals surface area contributed by atoms with E-state index in [-0.39, 0.29) is 16.9 Å². The Bertz CT molecular complexity index is 947. The van der Waals surface area contributed by atoms with Crippen molar-refractivity contribution in [1.82, 2.24) is 10.3 Å². The van der Waals surface area contributed by atoms with Crippen molar-refractivity contribution in [3.8, 4) is 11.5 Å². The van der Waals surface area contributed by atoms with Gasteiger partial charge in [-0.3, -0.25) is 4.79 Å². The van der Waals surface area contributed by atoms with E-state index < -0.39 is 0 Å². The molecule has 1 amide bonds. The first-order chi connectivity index (χ1) is 11.9. The summed E-state index contributed by atoms with van der Waals surface area (Å²) in [5.74, 6) is 0.331. The van der Waals surface area contributed by atoms with Gasteiger partial charge in [-0.1, -0.05) is 32.0 Å². The molecule has 25 heavy (non-hydrogen) atoms. The second-order valence-electron chi connectivity index (χ2n) is 6.11. The SMILES string of the molecule is Cc1ccccc1-c1nc2cc(NC(=S)NC(=O)C(C)C)ccc2o1. The topological polar surface area (TPSA) is 67.2 Å². The summed E-state index contributed by atoms with van der Waals surface area (Å²) in [4.78, 5) is 16.2. The molecule has 0 bridgehead atoms. The van der Waals surface area contributed by atoms with Crippen molar-refractivity contribution < 1.29 is 9.21 Å². The molecule has 2 N–H and O–H groups in total. The number of thiocarbonyl (C=S) groups is 1. The molecule has 0 radical (unpaired) electrons. The summed E-state index contributed by atoms with van der Waals surface area (Å²) in [5, 5.41) is 5.91. The highest BCUT2D eigenvalue weighted by atomic mass is 32.1. The van der Waals surface area contributed by atoms with Gasteiger partial charge in [-0.2, -0.15) is 0 Å². The molecule has 0 saturated heterocycles. The Morgan fingerprint density at radius 3 is 2.68 bits per heavy atom. The van der Waals surface area contributed by atoms with Crippen molar-refractivity contribution >= 4 is 40.0 Å². The summed E-state index contributed by atoms with van der Waals surface area (Å²) in [6.07, 6.45) is 0. The van der Waals surface area contributed by atoms with Gasteiger partial charge < -0.3 is 15.1 Å². The molecule has 3 aromatic rings. The van der Waals surface area contributed by atoms with E-state index in [9.17, 15) is 4.79 Å². The normalized spacial score (nSPS) is 10.9. The van der Waals surface area contributed by atoms with Gasteiger partial charge in [0.25, 0.3) is 0 Å². The number of amides is 1. The Labute approximate surface area is 151 Å². The van der Waals surface area contributed by atoms with Crippen molar-refractivity contribution in [2.45, 2.75) is 20.8 Å². The number of oxazole rings is 1. The Morgan fingerprint density at radius 2 is 1.96 bits per heavy atom. The number of aryl methyl sites for hydroxylation is 1. The third kappa shape index (κ3) is 3.85. The predicted molar refractivity (Wildman–Crippen MR) is 103 cm³/mol. The van der Waals surface area contributed by atoms with Crippen LogP contribution in [0.4, 0.5) is 5.69 Å². The molecular formula is C19H19N3O2S. The van der Waals surface area contributed by atoms with E-state index in [0.29, 0.717) is 11.5 Å². The summed E-state index contributed by atoms with van der Waals surface area (Å²) in [5.41, 5.74) is 4.23. The molecule has 3 rings (SSSR count). The number of carbonyl (C=O) groups excluding carboxylic acids is 1. The van der Waals surface area contributed by atoms with Gasteiger partial charge in [-0.05, 0) is 49.0 Å². The summed E-state index contributed by atoms with van der Waals surface area (Å²) in [6, 6.07) is 13.5. The lowest BCUT2D eigenvalue weighted by atomic mass is 10.1. The van der Waals surface area contributed by atoms with E-state index in [1.165, 1.54) is 0 Å². The third-order valence-electron chi connectivity index (χ3n) is 3.78. The fourth-order valence-corrected chi connectivity index (χ4v) is 2.57. The number of rotatable bonds is 3. The number of anilines is 1. The standard InChI is InChI=1S/C19H19N3O2S/c1-11(2)17(23)22-19(25)20-13-8-9-16-15(10-13)21-18(24-16)14-7-5-4-6-12(14)3/h4-11H,1-3H3,(H2,20,22,23,25). The van der Waals surface area contributed by atoms with Crippen molar-refractivity contribution in [3.63, 3.8) is 0 Å². The molecule has 0 unspecified atom stereocenters. The smallest absolute Gasteiger partial charge is 0.228 e. The molecular weight excluding hydrogens is 334 g/mol. The van der Waals surface area contributed by atoms with E-state index >= 15 is 0 Å². The van der Waals surface area contributed by atoms with E-state index in [4.69, 9.17) is 16.6 Å². The maximum absolute atomic E-state index is 11.7. The number of fused-ring (bicyclic) bond motifs is 1. The van der Waals surface area contributed by atoms with Gasteiger partial charge in [0.05, 0.1) is 0 Å². The minimum absolute atomic E-state index is 0.123. The first kappa shape index (κ1) is 17.1. The van der Waals surface area contributed by atoms with E-state index in [2.05, 4.69) is 15.6 Å². The zero-order chi connectivity index (χ0) is 18.0. The van der Waals surface area contributed by atoms with Crippen molar-refractivity contribution in [2.24, 2.45) is 5.92 Å². The van der Waals surface area contributed by atoms with E-state index in [1.54, 1.807) is 0 Å². The van der Waals surface area contributed by atoms with Crippen LogP contribution in [0, 0.1) is 12.8 Å². The highest BCUT2D eigenvalue weighted by molar-refractivity contribution is 7.80. The Balaban J connectivity index is 1.82. The number of aromatic nitrogens is 1. The van der Waals surface area contributed by atoms with Crippen LogP contribution in [0.3, 0.4) is 0 Å². The molecule has 6 heteroatoms. The molecule has 5 nitrogen and oxygen atoms in total. The molecule has 128 valence electrons. The van der Waals surface area contributed by atoms with Gasteiger partial charge >= 0.3 is 0 Å². The number of benzene rings is 2. The first-order valence-electron chi connectivity index (χ1n) is 8.02. The Kier molecular flexibility index (Phi) is 4.81. The predicted octanol–water partition coefficient (Wildman–Crippen LogP) is 4.27. The van der Waals surface area contributed by atoms with Crippen LogP contribution in [0.5, 0.6) is 0 Å². The quantitative estimate of drug-likeness (QED) is 0.688. The van der Waals surface area contributed by atoms with Gasteiger partial charge in [-0.15, -0.1) is 0 Å². The largest absolute Gasteiger partial charge is 0.436 e. The highest BCUT2D eigenvalue weighted by Crippen LogP contribution is 2.28. The van der Waals surface area contributed by atoms with Crippen molar-refractivity contribution in [2.75, 3.05) is 5.32 Å². The average Bonchev–Trinajstić information content (AvgIpc) is 2.97. The molecule has 0 fully saturated rings. The Hall–Kier alpha value is -2.73. The maximum atomic E-state index is 11.7. The zero-order valence-corrected chi connectivity index (χ0v) is 15.1. The van der Waals surface area contributed by atoms with Crippen LogP contribution in [0.1, 0.15) is 19.4 Å². The molecule has 0 spiro atoms. The number of nitrogens with zero attached hydrogens (tertiary/aromatic N) is 1. The number of hydrogen-bond donors (Lipinski definition) is 2. The number of carbonyl (C=O) groups is 1. The summed E-state index contributed by atoms with van der Waals surface area (Å²) < 4.78 is 5.85. The van der Waals surface area contributed by atoms with Crippen LogP contribution >= 0.6 is 12.2 Å². The molecule has 0 aliphatic heterocycles. The fraction of sp³-hybridized carbons (Fsp3) is 0.211. The van der Waals surface area contributed by atoms with Gasteiger partial charge in [0, 0.05) is 17.2 Å². The Morgan fingerprint density at radius 1 is 1.20 bits per heavy atom.